The van der Waals surface area contributed by atoms with Gasteiger partial charge in [0.25, 0.3) is 0 Å². The lowest BCUT2D eigenvalue weighted by Gasteiger charge is -1.96. The van der Waals surface area contributed by atoms with E-state index in [4.69, 9.17) is 5.73 Å². The van der Waals surface area contributed by atoms with Crippen molar-refractivity contribution in [2.45, 2.75) is 4.90 Å². The summed E-state index contributed by atoms with van der Waals surface area (Å²) in [5, 5.41) is 11.3. The van der Waals surface area contributed by atoms with E-state index in [1.165, 1.54) is 6.07 Å². The van der Waals surface area contributed by atoms with Crippen molar-refractivity contribution >= 4 is 44.7 Å². The maximum absolute atomic E-state index is 10.5. The molecule has 0 aliphatic carbocycles. The molecule has 0 spiro atoms. The predicted octanol–water partition coefficient (Wildman–Crippen LogP) is 2.68. The molecule has 2 aromatic rings. The standard InChI is InChI=1S/C8H6N2O2S2/c9-6-1-4(13)2-7-5(6)3-8(14-7)10(11)12/h1-3,13H,9H2. The number of thiophene rings is 1. The number of nitrogens with two attached hydrogens (primary N) is 1. The Morgan fingerprint density at radius 1 is 1.43 bits per heavy atom. The Balaban J connectivity index is 2.76. The van der Waals surface area contributed by atoms with Gasteiger partial charge in [-0.15, -0.1) is 12.6 Å². The Hall–Kier alpha value is -1.27. The van der Waals surface area contributed by atoms with Gasteiger partial charge >= 0.3 is 5.00 Å². The zero-order valence-electron chi connectivity index (χ0n) is 6.93. The number of hydrogen-bond acceptors (Lipinski definition) is 5. The fourth-order valence-electron chi connectivity index (χ4n) is 1.23. The lowest BCUT2D eigenvalue weighted by atomic mass is 10.2. The van der Waals surface area contributed by atoms with Gasteiger partial charge in [-0.05, 0) is 12.1 Å². The highest BCUT2D eigenvalue weighted by molar-refractivity contribution is 7.80. The summed E-state index contributed by atoms with van der Waals surface area (Å²) in [5.74, 6) is 0. The van der Waals surface area contributed by atoms with Gasteiger partial charge in [-0.1, -0.05) is 11.3 Å². The van der Waals surface area contributed by atoms with Crippen molar-refractivity contribution in [3.8, 4) is 0 Å². The number of rotatable bonds is 1. The minimum absolute atomic E-state index is 0.102. The van der Waals surface area contributed by atoms with E-state index in [2.05, 4.69) is 12.6 Å². The molecule has 14 heavy (non-hydrogen) atoms. The number of nitro groups is 1. The van der Waals surface area contributed by atoms with Crippen molar-refractivity contribution in [2.75, 3.05) is 5.73 Å². The van der Waals surface area contributed by atoms with Crippen LogP contribution in [0, 0.1) is 10.1 Å². The van der Waals surface area contributed by atoms with Gasteiger partial charge < -0.3 is 5.73 Å². The fourth-order valence-corrected chi connectivity index (χ4v) is 2.53. The van der Waals surface area contributed by atoms with Crippen LogP contribution in [-0.2, 0) is 0 Å². The van der Waals surface area contributed by atoms with Crippen LogP contribution in [0.2, 0.25) is 0 Å². The monoisotopic (exact) mass is 226 g/mol. The molecule has 4 nitrogen and oxygen atoms in total. The van der Waals surface area contributed by atoms with Crippen molar-refractivity contribution in [3.63, 3.8) is 0 Å². The highest BCUT2D eigenvalue weighted by atomic mass is 32.1. The second kappa shape index (κ2) is 3.14. The molecule has 2 N–H and O–H groups in total. The van der Waals surface area contributed by atoms with E-state index in [1.807, 2.05) is 0 Å². The first-order chi connectivity index (χ1) is 6.58. The van der Waals surface area contributed by atoms with Crippen molar-refractivity contribution in [1.29, 1.82) is 0 Å². The van der Waals surface area contributed by atoms with Crippen LogP contribution in [0.1, 0.15) is 0 Å². The number of anilines is 1. The highest BCUT2D eigenvalue weighted by Gasteiger charge is 2.13. The topological polar surface area (TPSA) is 69.2 Å². The Labute approximate surface area is 88.9 Å². The van der Waals surface area contributed by atoms with Gasteiger partial charge in [0.1, 0.15) is 0 Å². The van der Waals surface area contributed by atoms with Gasteiger partial charge in [0.15, 0.2) is 0 Å². The van der Waals surface area contributed by atoms with E-state index in [1.54, 1.807) is 12.1 Å². The quantitative estimate of drug-likeness (QED) is 0.340. The molecular formula is C8H6N2O2S2. The van der Waals surface area contributed by atoms with Crippen LogP contribution < -0.4 is 5.73 Å². The first-order valence-electron chi connectivity index (χ1n) is 3.74. The molecule has 1 heterocycles. The zero-order valence-corrected chi connectivity index (χ0v) is 8.64. The molecule has 2 rings (SSSR count). The van der Waals surface area contributed by atoms with Crippen molar-refractivity contribution in [1.82, 2.24) is 0 Å². The lowest BCUT2D eigenvalue weighted by molar-refractivity contribution is -0.380. The van der Waals surface area contributed by atoms with E-state index >= 15 is 0 Å². The van der Waals surface area contributed by atoms with Gasteiger partial charge in [0.2, 0.25) is 0 Å². The molecule has 0 saturated heterocycles. The van der Waals surface area contributed by atoms with Crippen LogP contribution in [0.4, 0.5) is 10.7 Å². The highest BCUT2D eigenvalue weighted by Crippen LogP contribution is 2.36. The lowest BCUT2D eigenvalue weighted by Crippen LogP contribution is -1.84. The molecule has 0 amide bonds. The maximum Gasteiger partial charge on any atom is 0.325 e. The number of nitrogen functional groups attached to an aromatic ring is 1. The number of nitrogens with zero attached hydrogens (tertiary/aromatic N) is 1. The van der Waals surface area contributed by atoms with Crippen LogP contribution in [0.25, 0.3) is 10.1 Å². The summed E-state index contributed by atoms with van der Waals surface area (Å²) in [6.45, 7) is 0. The second-order valence-electron chi connectivity index (χ2n) is 2.79. The van der Waals surface area contributed by atoms with Crippen LogP contribution in [-0.4, -0.2) is 4.92 Å². The molecule has 0 saturated carbocycles. The van der Waals surface area contributed by atoms with Crippen molar-refractivity contribution < 1.29 is 4.92 Å². The first kappa shape index (κ1) is 9.29. The maximum atomic E-state index is 10.5. The molecule has 0 bridgehead atoms. The van der Waals surface area contributed by atoms with Gasteiger partial charge in [0, 0.05) is 26.7 Å². The summed E-state index contributed by atoms with van der Waals surface area (Å²) in [5.41, 5.74) is 6.23. The van der Waals surface area contributed by atoms with Crippen LogP contribution in [0.3, 0.4) is 0 Å². The third-order valence-corrected chi connectivity index (χ3v) is 3.11. The number of benzene rings is 1. The molecule has 72 valence electrons. The summed E-state index contributed by atoms with van der Waals surface area (Å²) in [6, 6.07) is 4.94. The molecular weight excluding hydrogens is 220 g/mol. The van der Waals surface area contributed by atoms with Gasteiger partial charge in [-0.25, -0.2) is 0 Å². The minimum atomic E-state index is -0.414. The predicted molar refractivity (Wildman–Crippen MR) is 60.1 cm³/mol. The SMILES string of the molecule is Nc1cc(S)cc2sc([N+](=O)[O-])cc12. The van der Waals surface area contributed by atoms with E-state index in [9.17, 15) is 10.1 Å². The van der Waals surface area contributed by atoms with Gasteiger partial charge in [-0.2, -0.15) is 0 Å². The smallest absolute Gasteiger partial charge is 0.325 e. The Kier molecular flexibility index (Phi) is 2.09. The number of hydrogen-bond donors (Lipinski definition) is 2. The van der Waals surface area contributed by atoms with Gasteiger partial charge in [-0.3, -0.25) is 10.1 Å². The summed E-state index contributed by atoms with van der Waals surface area (Å²) in [4.78, 5) is 10.8. The van der Waals surface area contributed by atoms with Crippen LogP contribution in [0.15, 0.2) is 23.1 Å². The third-order valence-electron chi connectivity index (χ3n) is 1.82. The molecule has 0 atom stereocenters. The second-order valence-corrected chi connectivity index (χ2v) is 4.37. The molecule has 1 aromatic heterocycles. The van der Waals surface area contributed by atoms with Crippen LogP contribution >= 0.6 is 24.0 Å². The van der Waals surface area contributed by atoms with Gasteiger partial charge in [0.05, 0.1) is 4.92 Å². The summed E-state index contributed by atoms with van der Waals surface area (Å²) < 4.78 is 0.793. The number of fused-ring (bicyclic) bond motifs is 1. The molecule has 0 unspecified atom stereocenters. The van der Waals surface area contributed by atoms with E-state index in [0.29, 0.717) is 10.6 Å². The van der Waals surface area contributed by atoms with E-state index < -0.39 is 4.92 Å². The molecule has 6 heteroatoms. The number of thiol groups is 1. The largest absolute Gasteiger partial charge is 0.398 e. The van der Waals surface area contributed by atoms with Crippen molar-refractivity contribution in [2.24, 2.45) is 0 Å². The molecule has 0 radical (unpaired) electrons. The average Bonchev–Trinajstić information content (AvgIpc) is 2.47. The summed E-state index contributed by atoms with van der Waals surface area (Å²) >= 11 is 5.25. The molecule has 0 fully saturated rings. The summed E-state index contributed by atoms with van der Waals surface area (Å²) in [6.07, 6.45) is 0. The molecule has 0 aliphatic rings. The first-order valence-corrected chi connectivity index (χ1v) is 5.01. The average molecular weight is 226 g/mol. The fraction of sp³-hybridized carbons (Fsp3) is 0. The normalized spacial score (nSPS) is 10.6. The van der Waals surface area contributed by atoms with E-state index in [-0.39, 0.29) is 5.00 Å². The zero-order chi connectivity index (χ0) is 10.3. The third kappa shape index (κ3) is 1.42. The Bertz CT molecular complexity index is 521. The molecule has 1 aromatic carbocycles. The van der Waals surface area contributed by atoms with Crippen molar-refractivity contribution in [3.05, 3.63) is 28.3 Å². The van der Waals surface area contributed by atoms with E-state index in [0.717, 1.165) is 21.4 Å². The minimum Gasteiger partial charge on any atom is -0.398 e. The van der Waals surface area contributed by atoms with Crippen LogP contribution in [0.5, 0.6) is 0 Å². The Morgan fingerprint density at radius 2 is 2.14 bits per heavy atom. The summed E-state index contributed by atoms with van der Waals surface area (Å²) in [7, 11) is 0. The Morgan fingerprint density at radius 3 is 2.79 bits per heavy atom. The molecule has 0 aliphatic heterocycles.